The highest BCUT2D eigenvalue weighted by atomic mass is 35.5. The number of carbonyl (C=O) groups excluding carboxylic acids is 1. The number of benzene rings is 3. The van der Waals surface area contributed by atoms with Crippen molar-refractivity contribution in [2.24, 2.45) is 0 Å². The molecule has 3 aromatic carbocycles. The van der Waals surface area contributed by atoms with Gasteiger partial charge in [-0.05, 0) is 29.8 Å². The lowest BCUT2D eigenvalue weighted by molar-refractivity contribution is -0.385. The van der Waals surface area contributed by atoms with Crippen LogP contribution in [-0.4, -0.2) is 32.7 Å². The Hall–Kier alpha value is -4.51. The summed E-state index contributed by atoms with van der Waals surface area (Å²) in [4.78, 5) is 33.7. The number of esters is 1. The van der Waals surface area contributed by atoms with Crippen molar-refractivity contribution < 1.29 is 24.1 Å². The van der Waals surface area contributed by atoms with E-state index in [-0.39, 0.29) is 34.4 Å². The molecular weight excluding hydrogens is 468 g/mol. The van der Waals surface area contributed by atoms with E-state index in [4.69, 9.17) is 21.1 Å². The highest BCUT2D eigenvalue weighted by Gasteiger charge is 2.21. The van der Waals surface area contributed by atoms with E-state index in [2.05, 4.69) is 5.10 Å². The quantitative estimate of drug-likeness (QED) is 0.208. The van der Waals surface area contributed by atoms with Crippen molar-refractivity contribution in [1.82, 2.24) is 9.78 Å². The van der Waals surface area contributed by atoms with Gasteiger partial charge in [-0.25, -0.2) is 4.79 Å². The van der Waals surface area contributed by atoms with Gasteiger partial charge in [0.25, 0.3) is 11.4 Å². The molecule has 4 rings (SSSR count). The van der Waals surface area contributed by atoms with E-state index in [9.17, 15) is 25.0 Å². The highest BCUT2D eigenvalue weighted by molar-refractivity contribution is 6.33. The largest absolute Gasteiger partial charge is 0.497 e. The summed E-state index contributed by atoms with van der Waals surface area (Å²) in [6, 6.07) is 14.5. The Morgan fingerprint density at radius 1 is 1.03 bits per heavy atom. The lowest BCUT2D eigenvalue weighted by atomic mass is 10.2. The first-order valence-corrected chi connectivity index (χ1v) is 10.1. The highest BCUT2D eigenvalue weighted by Crippen LogP contribution is 2.31. The Balaban J connectivity index is 1.71. The Kier molecular flexibility index (Phi) is 6.11. The number of fused-ring (bicyclic) bond motifs is 1. The second-order valence-electron chi connectivity index (χ2n) is 7.08. The number of nitro groups is 2. The van der Waals surface area contributed by atoms with Gasteiger partial charge in [-0.1, -0.05) is 23.7 Å². The van der Waals surface area contributed by atoms with Crippen molar-refractivity contribution in [2.45, 2.75) is 6.54 Å². The first-order valence-electron chi connectivity index (χ1n) is 9.71. The van der Waals surface area contributed by atoms with E-state index in [1.807, 2.05) is 0 Å². The summed E-state index contributed by atoms with van der Waals surface area (Å²) in [5.41, 5.74) is 0.806. The number of nitro benzene ring substituents is 2. The van der Waals surface area contributed by atoms with Crippen LogP contribution in [0.2, 0.25) is 5.02 Å². The van der Waals surface area contributed by atoms with Crippen LogP contribution in [0.5, 0.6) is 11.6 Å². The molecule has 0 unspecified atom stereocenters. The molecule has 0 saturated carbocycles. The van der Waals surface area contributed by atoms with Gasteiger partial charge < -0.3 is 9.47 Å². The minimum atomic E-state index is -0.857. The molecule has 0 aliphatic heterocycles. The SMILES string of the molecule is COc1ccc2c(c1)c(OC(=O)c1ccc([N+](=O)[O-])cc1Cl)nn2Cc1cccc([N+](=O)[O-])c1. The third-order valence-corrected chi connectivity index (χ3v) is 5.26. The molecule has 11 nitrogen and oxygen atoms in total. The van der Waals surface area contributed by atoms with Gasteiger partial charge in [0.1, 0.15) is 5.75 Å². The summed E-state index contributed by atoms with van der Waals surface area (Å²) < 4.78 is 12.3. The predicted molar refractivity (Wildman–Crippen MR) is 122 cm³/mol. The van der Waals surface area contributed by atoms with Crippen molar-refractivity contribution in [1.29, 1.82) is 0 Å². The van der Waals surface area contributed by atoms with Crippen molar-refractivity contribution in [3.63, 3.8) is 0 Å². The zero-order valence-electron chi connectivity index (χ0n) is 17.5. The van der Waals surface area contributed by atoms with Gasteiger partial charge in [-0.3, -0.25) is 24.9 Å². The summed E-state index contributed by atoms with van der Waals surface area (Å²) in [5, 5.41) is 26.7. The molecule has 0 atom stereocenters. The van der Waals surface area contributed by atoms with Gasteiger partial charge in [-0.15, -0.1) is 5.10 Å². The molecule has 12 heteroatoms. The topological polar surface area (TPSA) is 140 Å². The molecule has 172 valence electrons. The number of hydrogen-bond donors (Lipinski definition) is 0. The number of ether oxygens (including phenoxy) is 2. The van der Waals surface area contributed by atoms with Gasteiger partial charge in [0.2, 0.25) is 5.88 Å². The van der Waals surface area contributed by atoms with Crippen LogP contribution in [0.4, 0.5) is 11.4 Å². The minimum absolute atomic E-state index is 0.0428. The van der Waals surface area contributed by atoms with Crippen LogP contribution in [0.15, 0.2) is 60.7 Å². The van der Waals surface area contributed by atoms with E-state index in [0.717, 1.165) is 12.1 Å². The zero-order valence-corrected chi connectivity index (χ0v) is 18.3. The average molecular weight is 483 g/mol. The van der Waals surface area contributed by atoms with E-state index < -0.39 is 15.8 Å². The first-order chi connectivity index (χ1) is 16.3. The van der Waals surface area contributed by atoms with Crippen LogP contribution in [0, 0.1) is 20.2 Å². The average Bonchev–Trinajstić information content (AvgIpc) is 3.14. The molecule has 0 saturated heterocycles. The van der Waals surface area contributed by atoms with Gasteiger partial charge >= 0.3 is 5.97 Å². The predicted octanol–water partition coefficient (Wildman–Crippen LogP) is 4.78. The van der Waals surface area contributed by atoms with E-state index in [1.54, 1.807) is 30.3 Å². The van der Waals surface area contributed by atoms with Crippen molar-refractivity contribution in [2.75, 3.05) is 7.11 Å². The van der Waals surface area contributed by atoms with Crippen LogP contribution in [0.1, 0.15) is 15.9 Å². The van der Waals surface area contributed by atoms with Gasteiger partial charge in [0.15, 0.2) is 0 Å². The molecule has 0 aliphatic carbocycles. The monoisotopic (exact) mass is 482 g/mol. The Labute approximate surface area is 196 Å². The molecule has 4 aromatic rings. The molecule has 0 N–H and O–H groups in total. The second kappa shape index (κ2) is 9.16. The molecular formula is C22H15ClN4O7. The van der Waals surface area contributed by atoms with Crippen molar-refractivity contribution >= 4 is 39.8 Å². The van der Waals surface area contributed by atoms with Gasteiger partial charge in [-0.2, -0.15) is 0 Å². The van der Waals surface area contributed by atoms with Crippen LogP contribution >= 0.6 is 11.6 Å². The molecule has 0 aliphatic rings. The lowest BCUT2D eigenvalue weighted by Gasteiger charge is -2.04. The minimum Gasteiger partial charge on any atom is -0.497 e. The number of aromatic nitrogens is 2. The van der Waals surface area contributed by atoms with Crippen LogP contribution in [0.25, 0.3) is 10.9 Å². The molecule has 0 fully saturated rings. The first kappa shape index (κ1) is 22.7. The third-order valence-electron chi connectivity index (χ3n) is 4.95. The zero-order chi connectivity index (χ0) is 24.4. The lowest BCUT2D eigenvalue weighted by Crippen LogP contribution is -2.10. The molecule has 0 bridgehead atoms. The van der Waals surface area contributed by atoms with E-state index in [1.165, 1.54) is 30.0 Å². The normalized spacial score (nSPS) is 10.8. The van der Waals surface area contributed by atoms with Gasteiger partial charge in [0, 0.05) is 24.3 Å². The molecule has 0 spiro atoms. The maximum Gasteiger partial charge on any atom is 0.346 e. The summed E-state index contributed by atoms with van der Waals surface area (Å²) in [7, 11) is 1.48. The number of carbonyl (C=O) groups is 1. The van der Waals surface area contributed by atoms with Crippen LogP contribution < -0.4 is 9.47 Å². The maximum absolute atomic E-state index is 12.8. The number of methoxy groups -OCH3 is 1. The Morgan fingerprint density at radius 3 is 2.44 bits per heavy atom. The van der Waals surface area contributed by atoms with E-state index >= 15 is 0 Å². The number of rotatable bonds is 7. The number of nitrogens with zero attached hydrogens (tertiary/aromatic N) is 4. The molecule has 1 aromatic heterocycles. The fourth-order valence-electron chi connectivity index (χ4n) is 3.32. The van der Waals surface area contributed by atoms with Crippen LogP contribution in [-0.2, 0) is 6.54 Å². The second-order valence-corrected chi connectivity index (χ2v) is 7.49. The summed E-state index contributed by atoms with van der Waals surface area (Å²) in [6.45, 7) is 0.167. The van der Waals surface area contributed by atoms with Crippen molar-refractivity contribution in [3.8, 4) is 11.6 Å². The smallest absolute Gasteiger partial charge is 0.346 e. The van der Waals surface area contributed by atoms with Crippen LogP contribution in [0.3, 0.4) is 0 Å². The molecule has 34 heavy (non-hydrogen) atoms. The molecule has 0 amide bonds. The summed E-state index contributed by atoms with van der Waals surface area (Å²) >= 11 is 6.05. The fourth-order valence-corrected chi connectivity index (χ4v) is 3.57. The van der Waals surface area contributed by atoms with Gasteiger partial charge in [0.05, 0.1) is 45.0 Å². The molecule has 0 radical (unpaired) electrons. The Bertz CT molecular complexity index is 1450. The van der Waals surface area contributed by atoms with E-state index in [0.29, 0.717) is 22.2 Å². The third kappa shape index (κ3) is 4.50. The number of non-ortho nitro benzene ring substituents is 2. The number of halogens is 1. The number of hydrogen-bond acceptors (Lipinski definition) is 8. The maximum atomic E-state index is 12.8. The standard InChI is InChI=1S/C22H15ClN4O7/c1-33-16-6-8-20-18(11-16)21(24-25(20)12-13-3-2-4-14(9-13)26(29)30)34-22(28)17-7-5-15(27(31)32)10-19(17)23/h2-11H,12H2,1H3. The molecule has 1 heterocycles. The fraction of sp³-hybridized carbons (Fsp3) is 0.0909. The Morgan fingerprint density at radius 2 is 1.76 bits per heavy atom. The summed E-state index contributed by atoms with van der Waals surface area (Å²) in [6.07, 6.45) is 0. The van der Waals surface area contributed by atoms with Crippen molar-refractivity contribution in [3.05, 3.63) is 97.0 Å². The summed E-state index contributed by atoms with van der Waals surface area (Å²) in [5.74, 6) is -0.406.